The first-order valence-corrected chi connectivity index (χ1v) is 7.15. The maximum Gasteiger partial charge on any atom is 0.340 e. The van der Waals surface area contributed by atoms with Crippen LogP contribution in [0.3, 0.4) is 0 Å². The van der Waals surface area contributed by atoms with Gasteiger partial charge >= 0.3 is 5.97 Å². The normalized spacial score (nSPS) is 12.4. The molecule has 0 aliphatic rings. The molecule has 0 bridgehead atoms. The maximum absolute atomic E-state index is 11.2. The van der Waals surface area contributed by atoms with E-state index in [1.54, 1.807) is 13.8 Å². The van der Waals surface area contributed by atoms with Gasteiger partial charge in [-0.25, -0.2) is 14.8 Å². The summed E-state index contributed by atoms with van der Waals surface area (Å²) in [5.41, 5.74) is 0.787. The number of thioether (sulfide) groups is 1. The molecule has 1 rings (SSSR count). The van der Waals surface area contributed by atoms with E-state index in [-0.39, 0.29) is 5.56 Å². The highest BCUT2D eigenvalue weighted by atomic mass is 32.2. The molecule has 5 heteroatoms. The third kappa shape index (κ3) is 3.98. The largest absolute Gasteiger partial charge is 0.478 e. The molecule has 0 aliphatic carbocycles. The van der Waals surface area contributed by atoms with Crippen molar-refractivity contribution in [3.63, 3.8) is 0 Å². The molecular weight excluding hydrogens is 248 g/mol. The van der Waals surface area contributed by atoms with E-state index in [0.717, 1.165) is 18.6 Å². The van der Waals surface area contributed by atoms with Gasteiger partial charge in [-0.1, -0.05) is 26.7 Å². The molecule has 0 spiro atoms. The topological polar surface area (TPSA) is 63.1 Å². The van der Waals surface area contributed by atoms with Crippen LogP contribution < -0.4 is 0 Å². The van der Waals surface area contributed by atoms with E-state index in [0.29, 0.717) is 22.5 Å². The lowest BCUT2D eigenvalue weighted by Crippen LogP contribution is -2.09. The molecule has 0 fully saturated rings. The van der Waals surface area contributed by atoms with Gasteiger partial charge < -0.3 is 5.11 Å². The Bertz CT molecular complexity index is 435. The summed E-state index contributed by atoms with van der Waals surface area (Å²) in [6.07, 6.45) is 2.30. The number of aromatic carboxylic acids is 1. The number of carbonyl (C=O) groups is 1. The van der Waals surface area contributed by atoms with Crippen molar-refractivity contribution in [3.05, 3.63) is 17.1 Å². The molecule has 0 amide bonds. The van der Waals surface area contributed by atoms with Gasteiger partial charge in [0.05, 0.1) is 5.69 Å². The number of hydrogen-bond donors (Lipinski definition) is 1. The summed E-state index contributed by atoms with van der Waals surface area (Å²) >= 11 is 1.52. The van der Waals surface area contributed by atoms with Crippen molar-refractivity contribution >= 4 is 17.7 Å². The third-order valence-electron chi connectivity index (χ3n) is 2.67. The predicted octanol–water partition coefficient (Wildman–Crippen LogP) is 3.32. The lowest BCUT2D eigenvalue weighted by atomic mass is 10.1. The Balaban J connectivity index is 2.90. The molecule has 1 atom stereocenters. The summed E-state index contributed by atoms with van der Waals surface area (Å²) in [6.45, 7) is 7.84. The number of rotatable bonds is 6. The lowest BCUT2D eigenvalue weighted by Gasteiger charge is -2.12. The van der Waals surface area contributed by atoms with Gasteiger partial charge in [0.1, 0.15) is 16.4 Å². The van der Waals surface area contributed by atoms with Crippen LogP contribution in [0.5, 0.6) is 0 Å². The lowest BCUT2D eigenvalue weighted by molar-refractivity contribution is 0.0690. The first-order chi connectivity index (χ1) is 8.45. The molecule has 0 radical (unpaired) electrons. The molecule has 1 aromatic rings. The van der Waals surface area contributed by atoms with Crippen molar-refractivity contribution < 1.29 is 9.90 Å². The molecule has 18 heavy (non-hydrogen) atoms. The van der Waals surface area contributed by atoms with Crippen LogP contribution in [0.2, 0.25) is 0 Å². The van der Waals surface area contributed by atoms with Crippen molar-refractivity contribution in [2.24, 2.45) is 5.92 Å². The van der Waals surface area contributed by atoms with Crippen molar-refractivity contribution in [1.29, 1.82) is 0 Å². The fourth-order valence-corrected chi connectivity index (χ4v) is 3.01. The highest BCUT2D eigenvalue weighted by Crippen LogP contribution is 2.25. The second-order valence-corrected chi connectivity index (χ2v) is 5.56. The molecule has 1 N–H and O–H groups in total. The fraction of sp³-hybridized carbons (Fsp3) is 0.615. The second-order valence-electron chi connectivity index (χ2n) is 4.55. The van der Waals surface area contributed by atoms with Gasteiger partial charge in [-0.05, 0) is 19.8 Å². The number of nitrogens with zero attached hydrogens (tertiary/aromatic N) is 2. The molecule has 4 nitrogen and oxygen atoms in total. The minimum absolute atomic E-state index is 0.245. The van der Waals surface area contributed by atoms with Crippen LogP contribution in [0, 0.1) is 19.8 Å². The summed E-state index contributed by atoms with van der Waals surface area (Å²) < 4.78 is 0. The molecule has 0 aromatic carbocycles. The van der Waals surface area contributed by atoms with Gasteiger partial charge in [0.2, 0.25) is 0 Å². The van der Waals surface area contributed by atoms with E-state index < -0.39 is 5.97 Å². The van der Waals surface area contributed by atoms with E-state index in [1.165, 1.54) is 11.8 Å². The number of carboxylic acids is 1. The molecule has 1 heterocycles. The van der Waals surface area contributed by atoms with E-state index in [2.05, 4.69) is 23.8 Å². The van der Waals surface area contributed by atoms with E-state index in [1.807, 2.05) is 0 Å². The summed E-state index contributed by atoms with van der Waals surface area (Å²) in [4.78, 5) is 19.6. The van der Waals surface area contributed by atoms with Crippen LogP contribution in [0.4, 0.5) is 0 Å². The molecule has 0 saturated carbocycles. The Morgan fingerprint density at radius 2 is 2.06 bits per heavy atom. The van der Waals surface area contributed by atoms with Gasteiger partial charge in [0.25, 0.3) is 0 Å². The molecule has 100 valence electrons. The first-order valence-electron chi connectivity index (χ1n) is 6.17. The van der Waals surface area contributed by atoms with E-state index in [9.17, 15) is 9.90 Å². The van der Waals surface area contributed by atoms with Crippen molar-refractivity contribution in [1.82, 2.24) is 9.97 Å². The second kappa shape index (κ2) is 6.73. The Morgan fingerprint density at radius 1 is 1.39 bits per heavy atom. The van der Waals surface area contributed by atoms with Gasteiger partial charge in [0.15, 0.2) is 0 Å². The van der Waals surface area contributed by atoms with Crippen LogP contribution >= 0.6 is 11.8 Å². The molecule has 0 aliphatic heterocycles. The zero-order valence-corrected chi connectivity index (χ0v) is 12.2. The SMILES string of the molecule is CCCC(C)CSc1nc(C)nc(C)c1C(=O)O. The van der Waals surface area contributed by atoms with Gasteiger partial charge in [-0.15, -0.1) is 11.8 Å². The predicted molar refractivity (Wildman–Crippen MR) is 73.3 cm³/mol. The zero-order chi connectivity index (χ0) is 13.7. The maximum atomic E-state index is 11.2. The zero-order valence-electron chi connectivity index (χ0n) is 11.4. The number of hydrogen-bond acceptors (Lipinski definition) is 4. The summed E-state index contributed by atoms with van der Waals surface area (Å²) in [5.74, 6) is 1.14. The van der Waals surface area contributed by atoms with Crippen molar-refractivity contribution in [2.45, 2.75) is 45.6 Å². The molecule has 1 unspecified atom stereocenters. The smallest absolute Gasteiger partial charge is 0.340 e. The van der Waals surface area contributed by atoms with Gasteiger partial charge in [-0.2, -0.15) is 0 Å². The standard InChI is InChI=1S/C13H20N2O2S/c1-5-6-8(2)7-18-12-11(13(16)17)9(3)14-10(4)15-12/h8H,5-7H2,1-4H3,(H,16,17). The average Bonchev–Trinajstić information content (AvgIpc) is 2.25. The minimum atomic E-state index is -0.946. The van der Waals surface area contributed by atoms with Crippen LogP contribution in [0.25, 0.3) is 0 Å². The highest BCUT2D eigenvalue weighted by Gasteiger charge is 2.17. The van der Waals surface area contributed by atoms with E-state index in [4.69, 9.17) is 0 Å². The van der Waals surface area contributed by atoms with Crippen LogP contribution in [0.1, 0.15) is 48.6 Å². The van der Waals surface area contributed by atoms with Crippen LogP contribution in [-0.2, 0) is 0 Å². The Hall–Kier alpha value is -1.10. The Kier molecular flexibility index (Phi) is 5.59. The molecule has 0 saturated heterocycles. The van der Waals surface area contributed by atoms with Crippen LogP contribution in [-0.4, -0.2) is 26.8 Å². The Morgan fingerprint density at radius 3 is 2.61 bits per heavy atom. The fourth-order valence-electron chi connectivity index (χ4n) is 1.83. The summed E-state index contributed by atoms with van der Waals surface area (Å²) in [5, 5.41) is 9.81. The van der Waals surface area contributed by atoms with Gasteiger partial charge in [0, 0.05) is 5.75 Å². The molecular formula is C13H20N2O2S. The number of carboxylic acid groups (broad SMARTS) is 1. The van der Waals surface area contributed by atoms with Crippen LogP contribution in [0.15, 0.2) is 5.03 Å². The van der Waals surface area contributed by atoms with Crippen molar-refractivity contribution in [3.8, 4) is 0 Å². The average molecular weight is 268 g/mol. The third-order valence-corrected chi connectivity index (χ3v) is 3.97. The van der Waals surface area contributed by atoms with E-state index >= 15 is 0 Å². The quantitative estimate of drug-likeness (QED) is 0.633. The number of aryl methyl sites for hydroxylation is 2. The summed E-state index contributed by atoms with van der Waals surface area (Å²) in [7, 11) is 0. The monoisotopic (exact) mass is 268 g/mol. The number of aromatic nitrogens is 2. The van der Waals surface area contributed by atoms with Crippen molar-refractivity contribution in [2.75, 3.05) is 5.75 Å². The molecule has 1 aromatic heterocycles. The first kappa shape index (κ1) is 15.0. The minimum Gasteiger partial charge on any atom is -0.478 e. The summed E-state index contributed by atoms with van der Waals surface area (Å²) in [6, 6.07) is 0. The Labute approximate surface area is 112 Å². The highest BCUT2D eigenvalue weighted by molar-refractivity contribution is 7.99. The van der Waals surface area contributed by atoms with Gasteiger partial charge in [-0.3, -0.25) is 0 Å².